The van der Waals surface area contributed by atoms with E-state index in [0.29, 0.717) is 19.4 Å². The van der Waals surface area contributed by atoms with Crippen molar-refractivity contribution in [3.8, 4) is 0 Å². The van der Waals surface area contributed by atoms with E-state index in [9.17, 15) is 14.0 Å². The second-order valence-electron chi connectivity index (χ2n) is 4.58. The van der Waals surface area contributed by atoms with E-state index in [1.165, 1.54) is 23.1 Å². The van der Waals surface area contributed by atoms with E-state index < -0.39 is 5.82 Å². The Kier molecular flexibility index (Phi) is 4.11. The Balaban J connectivity index is 2.11. The molecule has 1 unspecified atom stereocenters. The number of halogens is 1. The van der Waals surface area contributed by atoms with E-state index in [2.05, 4.69) is 5.43 Å². The van der Waals surface area contributed by atoms with E-state index in [0.717, 1.165) is 0 Å². The fraction of sp³-hybridized carbons (Fsp3) is 0.385. The molecule has 1 saturated heterocycles. The zero-order chi connectivity index (χ0) is 13.8. The molecule has 0 radical (unpaired) electrons. The Morgan fingerprint density at radius 2 is 2.11 bits per heavy atom. The lowest BCUT2D eigenvalue weighted by Crippen LogP contribution is -2.47. The number of amides is 2. The lowest BCUT2D eigenvalue weighted by atomic mass is 9.96. The summed E-state index contributed by atoms with van der Waals surface area (Å²) in [4.78, 5) is 25.2. The van der Waals surface area contributed by atoms with E-state index in [-0.39, 0.29) is 29.8 Å². The van der Waals surface area contributed by atoms with Crippen LogP contribution in [0.15, 0.2) is 24.3 Å². The van der Waals surface area contributed by atoms with Crippen molar-refractivity contribution in [3.05, 3.63) is 35.6 Å². The summed E-state index contributed by atoms with van der Waals surface area (Å²) in [5, 5.41) is 0. The molecule has 0 aromatic heterocycles. The van der Waals surface area contributed by atoms with Crippen LogP contribution >= 0.6 is 0 Å². The van der Waals surface area contributed by atoms with Crippen LogP contribution in [0.3, 0.4) is 0 Å². The van der Waals surface area contributed by atoms with Crippen LogP contribution in [-0.4, -0.2) is 29.8 Å². The number of nitrogens with one attached hydrogen (secondary N) is 1. The van der Waals surface area contributed by atoms with Crippen LogP contribution < -0.4 is 11.3 Å². The Hall–Kier alpha value is -1.95. The van der Waals surface area contributed by atoms with Crippen molar-refractivity contribution >= 4 is 11.8 Å². The summed E-state index contributed by atoms with van der Waals surface area (Å²) < 4.78 is 13.6. The predicted octanol–water partition coefficient (Wildman–Crippen LogP) is 0.668. The molecule has 1 aliphatic heterocycles. The highest BCUT2D eigenvalue weighted by atomic mass is 19.1. The second kappa shape index (κ2) is 5.79. The first-order chi connectivity index (χ1) is 9.13. The minimum atomic E-state index is -0.544. The van der Waals surface area contributed by atoms with E-state index in [1.807, 2.05) is 0 Å². The van der Waals surface area contributed by atoms with Crippen LogP contribution in [0.1, 0.15) is 23.2 Å². The molecule has 19 heavy (non-hydrogen) atoms. The van der Waals surface area contributed by atoms with Crippen molar-refractivity contribution < 1.29 is 14.0 Å². The topological polar surface area (TPSA) is 75.4 Å². The van der Waals surface area contributed by atoms with Gasteiger partial charge in [-0.3, -0.25) is 15.0 Å². The first-order valence-electron chi connectivity index (χ1n) is 6.17. The molecule has 1 aromatic rings. The average molecular weight is 265 g/mol. The lowest BCUT2D eigenvalue weighted by Gasteiger charge is -2.31. The van der Waals surface area contributed by atoms with Crippen molar-refractivity contribution in [1.29, 1.82) is 0 Å². The summed E-state index contributed by atoms with van der Waals surface area (Å²) >= 11 is 0. The van der Waals surface area contributed by atoms with Gasteiger partial charge in [0.1, 0.15) is 5.82 Å². The maximum absolute atomic E-state index is 13.6. The zero-order valence-electron chi connectivity index (χ0n) is 10.4. The van der Waals surface area contributed by atoms with Crippen molar-refractivity contribution in [2.45, 2.75) is 12.8 Å². The summed E-state index contributed by atoms with van der Waals surface area (Å²) in [7, 11) is 0. The Morgan fingerprint density at radius 3 is 2.79 bits per heavy atom. The van der Waals surface area contributed by atoms with Gasteiger partial charge < -0.3 is 4.90 Å². The highest BCUT2D eigenvalue weighted by molar-refractivity contribution is 5.95. The lowest BCUT2D eigenvalue weighted by molar-refractivity contribution is -0.126. The van der Waals surface area contributed by atoms with E-state index >= 15 is 0 Å². The van der Waals surface area contributed by atoms with Gasteiger partial charge in [-0.05, 0) is 25.0 Å². The highest BCUT2D eigenvalue weighted by Crippen LogP contribution is 2.19. The number of rotatable bonds is 2. The van der Waals surface area contributed by atoms with Gasteiger partial charge in [0.15, 0.2) is 0 Å². The fourth-order valence-corrected chi connectivity index (χ4v) is 2.30. The number of piperidine rings is 1. The molecule has 0 aliphatic carbocycles. The average Bonchev–Trinajstić information content (AvgIpc) is 2.46. The summed E-state index contributed by atoms with van der Waals surface area (Å²) in [6.07, 6.45) is 1.39. The molecular formula is C13H16FN3O2. The normalized spacial score (nSPS) is 19.1. The van der Waals surface area contributed by atoms with Gasteiger partial charge in [0.25, 0.3) is 5.91 Å². The molecule has 0 spiro atoms. The summed E-state index contributed by atoms with van der Waals surface area (Å²) in [5.74, 6) is 3.56. The van der Waals surface area contributed by atoms with Gasteiger partial charge in [0, 0.05) is 13.1 Å². The van der Waals surface area contributed by atoms with Gasteiger partial charge in [0.2, 0.25) is 5.91 Å². The van der Waals surface area contributed by atoms with Gasteiger partial charge in [0.05, 0.1) is 11.5 Å². The van der Waals surface area contributed by atoms with Crippen LogP contribution in [0.5, 0.6) is 0 Å². The molecule has 2 amide bonds. The van der Waals surface area contributed by atoms with Crippen LogP contribution in [0, 0.1) is 11.7 Å². The predicted molar refractivity (Wildman–Crippen MR) is 67.4 cm³/mol. The highest BCUT2D eigenvalue weighted by Gasteiger charge is 2.29. The van der Waals surface area contributed by atoms with Gasteiger partial charge in [-0.25, -0.2) is 10.2 Å². The Morgan fingerprint density at radius 1 is 1.37 bits per heavy atom. The number of likely N-dealkylation sites (tertiary alicyclic amines) is 1. The molecule has 5 nitrogen and oxygen atoms in total. The van der Waals surface area contributed by atoms with Gasteiger partial charge in [-0.15, -0.1) is 0 Å². The number of hydrazine groups is 1. The molecule has 1 aliphatic rings. The smallest absolute Gasteiger partial charge is 0.256 e. The third-order valence-electron chi connectivity index (χ3n) is 3.33. The van der Waals surface area contributed by atoms with Crippen molar-refractivity contribution in [2.75, 3.05) is 13.1 Å². The van der Waals surface area contributed by atoms with Crippen LogP contribution in [0.25, 0.3) is 0 Å². The molecule has 102 valence electrons. The standard InChI is InChI=1S/C13H16FN3O2/c14-11-6-2-1-5-10(11)13(19)17-7-3-4-9(8-17)12(18)16-15/h1-2,5-6,9H,3-4,7-8,15H2,(H,16,18). The number of carbonyl (C=O) groups excluding carboxylic acids is 2. The number of nitrogens with two attached hydrogens (primary N) is 1. The number of hydrogen-bond acceptors (Lipinski definition) is 3. The maximum Gasteiger partial charge on any atom is 0.256 e. The van der Waals surface area contributed by atoms with Crippen LogP contribution in [0.4, 0.5) is 4.39 Å². The van der Waals surface area contributed by atoms with E-state index in [1.54, 1.807) is 6.07 Å². The van der Waals surface area contributed by atoms with Crippen molar-refractivity contribution in [2.24, 2.45) is 11.8 Å². The molecule has 1 fully saturated rings. The minimum absolute atomic E-state index is 0.0382. The zero-order valence-corrected chi connectivity index (χ0v) is 10.4. The Labute approximate surface area is 110 Å². The first kappa shape index (κ1) is 13.5. The van der Waals surface area contributed by atoms with Crippen molar-refractivity contribution in [1.82, 2.24) is 10.3 Å². The molecule has 1 atom stereocenters. The van der Waals surface area contributed by atoms with Gasteiger partial charge >= 0.3 is 0 Å². The maximum atomic E-state index is 13.6. The molecular weight excluding hydrogens is 249 g/mol. The molecule has 2 rings (SSSR count). The van der Waals surface area contributed by atoms with Gasteiger partial charge in [-0.1, -0.05) is 12.1 Å². The van der Waals surface area contributed by atoms with Crippen LogP contribution in [0.2, 0.25) is 0 Å². The SMILES string of the molecule is NNC(=O)C1CCCN(C(=O)c2ccccc2F)C1. The molecule has 1 aromatic carbocycles. The molecule has 1 heterocycles. The third kappa shape index (κ3) is 2.90. The Bertz CT molecular complexity index is 493. The number of benzene rings is 1. The summed E-state index contributed by atoms with van der Waals surface area (Å²) in [6, 6.07) is 5.85. The molecule has 6 heteroatoms. The third-order valence-corrected chi connectivity index (χ3v) is 3.33. The molecule has 0 bridgehead atoms. The minimum Gasteiger partial charge on any atom is -0.338 e. The summed E-state index contributed by atoms with van der Waals surface area (Å²) in [6.45, 7) is 0.803. The largest absolute Gasteiger partial charge is 0.338 e. The summed E-state index contributed by atoms with van der Waals surface area (Å²) in [5.41, 5.74) is 2.13. The number of carbonyl (C=O) groups is 2. The number of hydrogen-bond donors (Lipinski definition) is 2. The monoisotopic (exact) mass is 265 g/mol. The quantitative estimate of drug-likeness (QED) is 0.469. The van der Waals surface area contributed by atoms with Crippen LogP contribution in [-0.2, 0) is 4.79 Å². The van der Waals surface area contributed by atoms with Gasteiger partial charge in [-0.2, -0.15) is 0 Å². The fourth-order valence-electron chi connectivity index (χ4n) is 2.30. The van der Waals surface area contributed by atoms with E-state index in [4.69, 9.17) is 5.84 Å². The molecule has 0 saturated carbocycles. The number of nitrogens with zero attached hydrogens (tertiary/aromatic N) is 1. The first-order valence-corrected chi connectivity index (χ1v) is 6.17. The second-order valence-corrected chi connectivity index (χ2v) is 4.58. The molecule has 3 N–H and O–H groups in total. The van der Waals surface area contributed by atoms with Crippen molar-refractivity contribution in [3.63, 3.8) is 0 Å².